The van der Waals surface area contributed by atoms with Crippen LogP contribution in [0.5, 0.6) is 23.0 Å². The number of likely N-dealkylation sites (tertiary alicyclic amines) is 1. The van der Waals surface area contributed by atoms with Gasteiger partial charge in [0.25, 0.3) is 0 Å². The largest absolute Gasteiger partial charge is 0.493 e. The molecule has 3 heterocycles. The quantitative estimate of drug-likeness (QED) is 0.103. The number of nitrogens with zero attached hydrogens (tertiary/aromatic N) is 2. The number of benzene rings is 5. The molecule has 1 aliphatic carbocycles. The Morgan fingerprint density at radius 1 is 0.769 bits per heavy atom. The van der Waals surface area contributed by atoms with Crippen molar-refractivity contribution in [1.29, 1.82) is 0 Å². The van der Waals surface area contributed by atoms with Gasteiger partial charge in [-0.1, -0.05) is 91.3 Å². The van der Waals surface area contributed by atoms with Crippen LogP contribution in [0, 0.1) is 5.92 Å². The number of nitrogens with one attached hydrogen (secondary N) is 2. The minimum absolute atomic E-state index is 0.00184. The lowest BCUT2D eigenvalue weighted by atomic mass is 9.69. The van der Waals surface area contributed by atoms with Crippen LogP contribution < -0.4 is 24.2 Å². The summed E-state index contributed by atoms with van der Waals surface area (Å²) in [5.74, 6) is 0.894. The summed E-state index contributed by atoms with van der Waals surface area (Å²) >= 11 is 0. The topological polar surface area (TPSA) is 145 Å². The molecule has 2 fully saturated rings. The molecular weight excluding hydrogens is 845 g/mol. The van der Waals surface area contributed by atoms with Gasteiger partial charge in [0.15, 0.2) is 11.5 Å². The number of rotatable bonds is 15. The van der Waals surface area contributed by atoms with Gasteiger partial charge in [0.05, 0.1) is 38.2 Å². The highest BCUT2D eigenvalue weighted by Gasteiger charge is 2.44. The minimum Gasteiger partial charge on any atom is -0.493 e. The summed E-state index contributed by atoms with van der Waals surface area (Å²) < 4.78 is 59.7. The third-order valence-electron chi connectivity index (χ3n) is 13.4. The van der Waals surface area contributed by atoms with Crippen molar-refractivity contribution in [3.05, 3.63) is 138 Å². The maximum Gasteiger partial charge on any atom is 0.409 e. The molecule has 2 amide bonds. The molecule has 0 spiro atoms. The van der Waals surface area contributed by atoms with E-state index in [1.165, 1.54) is 37.3 Å². The summed E-state index contributed by atoms with van der Waals surface area (Å²) in [7, 11) is -1.24. The maximum atomic E-state index is 14.7. The Bertz CT molecular complexity index is 2540. The standard InChI is InChI=1S/C51H56N4O9S/c1-60-47-22-21-37(30-48(47)61-2)65(58,59)53-36-29-35(31-55(32-36)50(57)63-33-42-40-15-5-3-13-38(40)39-14-4-6-16-41(39)42)49(56)52-34-51(23-11-12-24-54-25-27-62-28-26-54)43-17-7-9-19-45(43)64-46-20-10-8-18-44(46)51/h3-10,13-22,30,35-36,42,53H,11-12,23-29,31-34H2,1-2H3,(H,52,56)/t35-,36+/m0/s1. The number of para-hydroxylation sites is 2. The summed E-state index contributed by atoms with van der Waals surface area (Å²) in [6.07, 6.45) is 2.15. The van der Waals surface area contributed by atoms with E-state index < -0.39 is 33.5 Å². The van der Waals surface area contributed by atoms with Gasteiger partial charge in [0.1, 0.15) is 18.1 Å². The summed E-state index contributed by atoms with van der Waals surface area (Å²) in [6.45, 7) is 4.67. The van der Waals surface area contributed by atoms with Gasteiger partial charge in [0.2, 0.25) is 15.9 Å². The van der Waals surface area contributed by atoms with E-state index in [-0.39, 0.29) is 55.1 Å². The summed E-state index contributed by atoms with van der Waals surface area (Å²) in [6, 6.07) is 35.8. The lowest BCUT2D eigenvalue weighted by molar-refractivity contribution is -0.127. The van der Waals surface area contributed by atoms with Gasteiger partial charge in [0, 0.05) is 67.3 Å². The average Bonchev–Trinajstić information content (AvgIpc) is 3.66. The van der Waals surface area contributed by atoms with Crippen LogP contribution in [0.1, 0.15) is 53.9 Å². The first-order valence-corrected chi connectivity index (χ1v) is 23.9. The number of piperidine rings is 1. The van der Waals surface area contributed by atoms with E-state index in [0.717, 1.165) is 97.0 Å². The monoisotopic (exact) mass is 900 g/mol. The number of ether oxygens (including phenoxy) is 5. The van der Waals surface area contributed by atoms with Crippen molar-refractivity contribution in [2.75, 3.05) is 73.3 Å². The molecule has 4 aliphatic rings. The first-order valence-electron chi connectivity index (χ1n) is 22.5. The highest BCUT2D eigenvalue weighted by atomic mass is 32.2. The third-order valence-corrected chi connectivity index (χ3v) is 14.9. The number of amides is 2. The second-order valence-electron chi connectivity index (χ2n) is 17.3. The van der Waals surface area contributed by atoms with Crippen LogP contribution >= 0.6 is 0 Å². The molecular formula is C51H56N4O9S. The maximum absolute atomic E-state index is 14.7. The van der Waals surface area contributed by atoms with Gasteiger partial charge in [-0.25, -0.2) is 17.9 Å². The van der Waals surface area contributed by atoms with Gasteiger partial charge in [-0.2, -0.15) is 0 Å². The zero-order valence-electron chi connectivity index (χ0n) is 36.9. The van der Waals surface area contributed by atoms with Gasteiger partial charge >= 0.3 is 6.09 Å². The Morgan fingerprint density at radius 2 is 1.40 bits per heavy atom. The van der Waals surface area contributed by atoms with Crippen LogP contribution in [0.3, 0.4) is 0 Å². The minimum atomic E-state index is -4.16. The zero-order valence-corrected chi connectivity index (χ0v) is 37.7. The number of sulfonamides is 1. The number of fused-ring (bicyclic) bond motifs is 5. The second-order valence-corrected chi connectivity index (χ2v) is 19.0. The van der Waals surface area contributed by atoms with Gasteiger partial charge in [-0.3, -0.25) is 9.69 Å². The van der Waals surface area contributed by atoms with Gasteiger partial charge in [-0.05, 0) is 72.3 Å². The highest BCUT2D eigenvalue weighted by Crippen LogP contribution is 2.50. The molecule has 0 radical (unpaired) electrons. The molecule has 0 saturated carbocycles. The van der Waals surface area contributed by atoms with Crippen LogP contribution in [0.25, 0.3) is 11.1 Å². The zero-order chi connectivity index (χ0) is 45.0. The lowest BCUT2D eigenvalue weighted by Crippen LogP contribution is -2.56. The van der Waals surface area contributed by atoms with Crippen molar-refractivity contribution in [2.45, 2.75) is 48.0 Å². The van der Waals surface area contributed by atoms with E-state index in [0.29, 0.717) is 5.75 Å². The van der Waals surface area contributed by atoms with Crippen LogP contribution in [0.15, 0.2) is 120 Å². The van der Waals surface area contributed by atoms with Crippen LogP contribution in [0.2, 0.25) is 0 Å². The molecule has 5 aromatic carbocycles. The van der Waals surface area contributed by atoms with E-state index in [2.05, 4.69) is 51.3 Å². The molecule has 13 nitrogen and oxygen atoms in total. The number of carbonyl (C=O) groups excluding carboxylic acids is 2. The van der Waals surface area contributed by atoms with Crippen molar-refractivity contribution < 1.29 is 41.7 Å². The van der Waals surface area contributed by atoms with Crippen molar-refractivity contribution in [3.8, 4) is 34.1 Å². The van der Waals surface area contributed by atoms with Gasteiger partial charge < -0.3 is 33.9 Å². The SMILES string of the molecule is COc1ccc(S(=O)(=O)N[C@@H]2C[C@H](C(=O)NCC3(CCCCN4CCOCC4)c4ccccc4Oc4ccccc43)CN(C(=O)OCC3c4ccccc4-c4ccccc43)C2)cc1OC. The molecule has 0 bridgehead atoms. The van der Waals surface area contributed by atoms with Gasteiger partial charge in [-0.15, -0.1) is 0 Å². The molecule has 0 unspecified atom stereocenters. The van der Waals surface area contributed by atoms with E-state index in [1.54, 1.807) is 0 Å². The summed E-state index contributed by atoms with van der Waals surface area (Å²) in [5.41, 5.74) is 5.72. The molecule has 2 N–H and O–H groups in total. The van der Waals surface area contributed by atoms with Crippen LogP contribution in [0.4, 0.5) is 4.79 Å². The molecule has 2 atom stereocenters. The Balaban J connectivity index is 0.972. The van der Waals surface area contributed by atoms with Crippen LogP contribution in [-0.4, -0.2) is 110 Å². The van der Waals surface area contributed by atoms with E-state index in [9.17, 15) is 18.0 Å². The Morgan fingerprint density at radius 3 is 2.06 bits per heavy atom. The highest BCUT2D eigenvalue weighted by molar-refractivity contribution is 7.89. The predicted molar refractivity (Wildman–Crippen MR) is 246 cm³/mol. The lowest BCUT2D eigenvalue weighted by Gasteiger charge is -2.42. The fourth-order valence-electron chi connectivity index (χ4n) is 10.2. The molecule has 3 aliphatic heterocycles. The Kier molecular flexibility index (Phi) is 13.1. The average molecular weight is 901 g/mol. The number of hydrogen-bond donors (Lipinski definition) is 2. The number of carbonyl (C=O) groups is 2. The Labute approximate surface area is 381 Å². The van der Waals surface area contributed by atoms with Crippen molar-refractivity contribution in [3.63, 3.8) is 0 Å². The van der Waals surface area contributed by atoms with Crippen molar-refractivity contribution >= 4 is 22.0 Å². The fourth-order valence-corrected chi connectivity index (χ4v) is 11.4. The van der Waals surface area contributed by atoms with Crippen molar-refractivity contribution in [1.82, 2.24) is 19.8 Å². The smallest absolute Gasteiger partial charge is 0.409 e. The van der Waals surface area contributed by atoms with Crippen molar-refractivity contribution in [2.24, 2.45) is 5.92 Å². The molecule has 9 rings (SSSR count). The molecule has 0 aromatic heterocycles. The number of unbranched alkanes of at least 4 members (excludes halogenated alkanes) is 1. The normalized spacial score (nSPS) is 18.9. The number of morpholine rings is 1. The number of methoxy groups -OCH3 is 2. The fraction of sp³-hybridized carbons (Fsp3) is 0.373. The summed E-state index contributed by atoms with van der Waals surface area (Å²) in [4.78, 5) is 32.8. The molecule has 2 saturated heterocycles. The number of hydrogen-bond acceptors (Lipinski definition) is 10. The summed E-state index contributed by atoms with van der Waals surface area (Å²) in [5, 5.41) is 3.33. The van der Waals surface area contributed by atoms with E-state index in [4.69, 9.17) is 23.7 Å². The third kappa shape index (κ3) is 9.17. The molecule has 5 aromatic rings. The van der Waals surface area contributed by atoms with E-state index >= 15 is 0 Å². The Hall–Kier alpha value is -5.93. The first-order chi connectivity index (χ1) is 31.7. The van der Waals surface area contributed by atoms with E-state index in [1.807, 2.05) is 60.7 Å². The molecule has 65 heavy (non-hydrogen) atoms. The molecule has 14 heteroatoms. The van der Waals surface area contributed by atoms with Crippen LogP contribution in [-0.2, 0) is 29.7 Å². The second kappa shape index (κ2) is 19.3. The first kappa shape index (κ1) is 44.3. The molecule has 340 valence electrons. The predicted octanol–water partition coefficient (Wildman–Crippen LogP) is 7.33.